The number of methoxy groups -OCH3 is 1. The van der Waals surface area contributed by atoms with Crippen molar-refractivity contribution in [2.24, 2.45) is 0 Å². The topological polar surface area (TPSA) is 80.0 Å². The van der Waals surface area contributed by atoms with E-state index in [2.05, 4.69) is 0 Å². The van der Waals surface area contributed by atoms with Crippen LogP contribution < -0.4 is 4.74 Å². The van der Waals surface area contributed by atoms with Gasteiger partial charge in [0.15, 0.2) is 5.76 Å². The van der Waals surface area contributed by atoms with Crippen LogP contribution in [0.25, 0.3) is 0 Å². The van der Waals surface area contributed by atoms with Gasteiger partial charge in [-0.05, 0) is 30.2 Å². The number of nitrogens with zero attached hydrogens (tertiary/aromatic N) is 1. The van der Waals surface area contributed by atoms with E-state index >= 15 is 0 Å². The molecule has 0 unspecified atom stereocenters. The lowest BCUT2D eigenvalue weighted by molar-refractivity contribution is 0.0654. The SMILES string of the molecule is COc1ccccc1CCN(C)C(=O)c1ccc(C(=O)O)o1. The highest BCUT2D eigenvalue weighted by molar-refractivity contribution is 5.93. The van der Waals surface area contributed by atoms with Crippen molar-refractivity contribution in [2.45, 2.75) is 6.42 Å². The molecule has 116 valence electrons. The molecule has 6 heteroatoms. The van der Waals surface area contributed by atoms with Gasteiger partial charge in [0, 0.05) is 13.6 Å². The normalized spacial score (nSPS) is 10.3. The first kappa shape index (κ1) is 15.6. The minimum absolute atomic E-state index is 0.0138. The van der Waals surface area contributed by atoms with Gasteiger partial charge in [0.2, 0.25) is 5.76 Å². The Morgan fingerprint density at radius 2 is 1.86 bits per heavy atom. The summed E-state index contributed by atoms with van der Waals surface area (Å²) in [7, 11) is 3.24. The zero-order chi connectivity index (χ0) is 16.1. The highest BCUT2D eigenvalue weighted by Gasteiger charge is 2.18. The smallest absolute Gasteiger partial charge is 0.371 e. The highest BCUT2D eigenvalue weighted by atomic mass is 16.5. The fourth-order valence-electron chi connectivity index (χ4n) is 2.06. The van der Waals surface area contributed by atoms with Crippen LogP contribution >= 0.6 is 0 Å². The van der Waals surface area contributed by atoms with E-state index in [1.165, 1.54) is 17.0 Å². The Balaban J connectivity index is 2.00. The number of hydrogen-bond donors (Lipinski definition) is 1. The predicted octanol–water partition coefficient (Wildman–Crippen LogP) is 2.30. The number of carboxylic acids is 1. The van der Waals surface area contributed by atoms with Crippen molar-refractivity contribution in [3.8, 4) is 5.75 Å². The second kappa shape index (κ2) is 6.80. The molecule has 0 aliphatic rings. The summed E-state index contributed by atoms with van der Waals surface area (Å²) in [6.45, 7) is 0.461. The monoisotopic (exact) mass is 303 g/mol. The molecule has 2 rings (SSSR count). The number of furan rings is 1. The highest BCUT2D eigenvalue weighted by Crippen LogP contribution is 2.18. The summed E-state index contributed by atoms with van der Waals surface area (Å²) in [6.07, 6.45) is 0.624. The van der Waals surface area contributed by atoms with Crippen LogP contribution in [0, 0.1) is 0 Å². The van der Waals surface area contributed by atoms with Crippen molar-refractivity contribution in [2.75, 3.05) is 20.7 Å². The van der Waals surface area contributed by atoms with E-state index in [1.54, 1.807) is 14.2 Å². The molecule has 2 aromatic rings. The second-order valence-electron chi connectivity index (χ2n) is 4.76. The Hall–Kier alpha value is -2.76. The third kappa shape index (κ3) is 3.46. The number of carbonyl (C=O) groups is 2. The van der Waals surface area contributed by atoms with Crippen LogP contribution in [0.15, 0.2) is 40.8 Å². The lowest BCUT2D eigenvalue weighted by Gasteiger charge is -2.16. The standard InChI is InChI=1S/C16H17NO5/c1-17(10-9-11-5-3-4-6-12(11)21-2)15(18)13-7-8-14(22-13)16(19)20/h3-8H,9-10H2,1-2H3,(H,19,20). The van der Waals surface area contributed by atoms with E-state index in [1.807, 2.05) is 24.3 Å². The molecule has 1 aromatic carbocycles. The number of rotatable bonds is 6. The molecule has 0 fully saturated rings. The van der Waals surface area contributed by atoms with E-state index in [9.17, 15) is 9.59 Å². The largest absolute Gasteiger partial charge is 0.496 e. The third-order valence-electron chi connectivity index (χ3n) is 3.28. The Bertz CT molecular complexity index is 677. The number of para-hydroxylation sites is 1. The average molecular weight is 303 g/mol. The van der Waals surface area contributed by atoms with Gasteiger partial charge in [0.25, 0.3) is 5.91 Å². The van der Waals surface area contributed by atoms with Gasteiger partial charge in [-0.2, -0.15) is 0 Å². The van der Waals surface area contributed by atoms with Gasteiger partial charge in [0.1, 0.15) is 5.75 Å². The number of aromatic carboxylic acids is 1. The van der Waals surface area contributed by atoms with Crippen LogP contribution in [0.4, 0.5) is 0 Å². The summed E-state index contributed by atoms with van der Waals surface area (Å²) < 4.78 is 10.3. The van der Waals surface area contributed by atoms with Crippen LogP contribution in [0.2, 0.25) is 0 Å². The number of carboxylic acid groups (broad SMARTS) is 1. The van der Waals surface area contributed by atoms with E-state index < -0.39 is 5.97 Å². The molecule has 22 heavy (non-hydrogen) atoms. The molecule has 1 aromatic heterocycles. The molecule has 1 heterocycles. The van der Waals surface area contributed by atoms with Gasteiger partial charge in [0.05, 0.1) is 7.11 Å². The lowest BCUT2D eigenvalue weighted by Crippen LogP contribution is -2.28. The van der Waals surface area contributed by atoms with E-state index in [0.29, 0.717) is 13.0 Å². The second-order valence-corrected chi connectivity index (χ2v) is 4.76. The Kier molecular flexibility index (Phi) is 4.83. The first-order valence-electron chi connectivity index (χ1n) is 6.73. The molecule has 0 spiro atoms. The molecule has 0 bridgehead atoms. The summed E-state index contributed by atoms with van der Waals surface area (Å²) in [5, 5.41) is 8.80. The molecular formula is C16H17NO5. The molecule has 1 N–H and O–H groups in total. The van der Waals surface area contributed by atoms with Crippen molar-refractivity contribution in [3.63, 3.8) is 0 Å². The summed E-state index contributed by atoms with van der Waals surface area (Å²) in [5.74, 6) is -1.02. The Morgan fingerprint density at radius 1 is 1.18 bits per heavy atom. The maximum absolute atomic E-state index is 12.2. The maximum Gasteiger partial charge on any atom is 0.371 e. The van der Waals surface area contributed by atoms with Crippen LogP contribution in [0.1, 0.15) is 26.7 Å². The van der Waals surface area contributed by atoms with Crippen LogP contribution in [0.5, 0.6) is 5.75 Å². The molecule has 0 aliphatic heterocycles. The van der Waals surface area contributed by atoms with Gasteiger partial charge in [-0.25, -0.2) is 4.79 Å². The molecule has 6 nitrogen and oxygen atoms in total. The van der Waals surface area contributed by atoms with Crippen molar-refractivity contribution >= 4 is 11.9 Å². The molecule has 0 atom stereocenters. The first-order chi connectivity index (χ1) is 10.5. The molecule has 1 amide bonds. The number of carbonyl (C=O) groups excluding carboxylic acids is 1. The lowest BCUT2D eigenvalue weighted by atomic mass is 10.1. The zero-order valence-corrected chi connectivity index (χ0v) is 12.4. The van der Waals surface area contributed by atoms with Gasteiger partial charge >= 0.3 is 5.97 Å². The molecule has 0 saturated carbocycles. The van der Waals surface area contributed by atoms with Crippen LogP contribution in [-0.4, -0.2) is 42.6 Å². The summed E-state index contributed by atoms with van der Waals surface area (Å²) in [4.78, 5) is 24.4. The summed E-state index contributed by atoms with van der Waals surface area (Å²) in [5.41, 5.74) is 0.996. The van der Waals surface area contributed by atoms with E-state index in [0.717, 1.165) is 11.3 Å². The number of amides is 1. The predicted molar refractivity (Wildman–Crippen MR) is 79.3 cm³/mol. The number of benzene rings is 1. The van der Waals surface area contributed by atoms with Gasteiger partial charge in [-0.15, -0.1) is 0 Å². The van der Waals surface area contributed by atoms with Crippen molar-refractivity contribution in [1.82, 2.24) is 4.90 Å². The molecule has 0 aliphatic carbocycles. The molecular weight excluding hydrogens is 286 g/mol. The Labute approximate surface area is 127 Å². The third-order valence-corrected chi connectivity index (χ3v) is 3.28. The van der Waals surface area contributed by atoms with Crippen molar-refractivity contribution in [1.29, 1.82) is 0 Å². The first-order valence-corrected chi connectivity index (χ1v) is 6.73. The number of ether oxygens (including phenoxy) is 1. The van der Waals surface area contributed by atoms with Gasteiger partial charge in [-0.3, -0.25) is 4.79 Å². The summed E-state index contributed by atoms with van der Waals surface area (Å²) in [6, 6.07) is 10.2. The molecule has 0 radical (unpaired) electrons. The van der Waals surface area contributed by atoms with Crippen molar-refractivity contribution in [3.05, 3.63) is 53.5 Å². The summed E-state index contributed by atoms with van der Waals surface area (Å²) >= 11 is 0. The minimum Gasteiger partial charge on any atom is -0.496 e. The zero-order valence-electron chi connectivity index (χ0n) is 12.4. The van der Waals surface area contributed by atoms with Crippen LogP contribution in [0.3, 0.4) is 0 Å². The molecule has 0 saturated heterocycles. The number of likely N-dealkylation sites (N-methyl/N-ethyl adjacent to an activating group) is 1. The van der Waals surface area contributed by atoms with Gasteiger partial charge in [-0.1, -0.05) is 18.2 Å². The minimum atomic E-state index is -1.20. The van der Waals surface area contributed by atoms with E-state index in [4.69, 9.17) is 14.3 Å². The Morgan fingerprint density at radius 3 is 2.50 bits per heavy atom. The number of hydrogen-bond acceptors (Lipinski definition) is 4. The fraction of sp³-hybridized carbons (Fsp3) is 0.250. The average Bonchev–Trinajstić information content (AvgIpc) is 3.02. The fourth-order valence-corrected chi connectivity index (χ4v) is 2.06. The quantitative estimate of drug-likeness (QED) is 0.885. The van der Waals surface area contributed by atoms with Crippen LogP contribution in [-0.2, 0) is 6.42 Å². The maximum atomic E-state index is 12.2. The van der Waals surface area contributed by atoms with E-state index in [-0.39, 0.29) is 17.4 Å². The van der Waals surface area contributed by atoms with Gasteiger partial charge < -0.3 is 19.2 Å². The van der Waals surface area contributed by atoms with Crippen molar-refractivity contribution < 1.29 is 23.8 Å².